The number of rotatable bonds is 4. The molecule has 4 unspecified atom stereocenters. The fourth-order valence-electron chi connectivity index (χ4n) is 3.65. The van der Waals surface area contributed by atoms with Crippen molar-refractivity contribution in [1.29, 1.82) is 0 Å². The lowest BCUT2D eigenvalue weighted by Gasteiger charge is -2.50. The van der Waals surface area contributed by atoms with E-state index in [9.17, 15) is 19.8 Å². The van der Waals surface area contributed by atoms with Gasteiger partial charge in [-0.25, -0.2) is 4.79 Å². The van der Waals surface area contributed by atoms with E-state index in [1.807, 2.05) is 6.92 Å². The molecule has 7 heteroatoms. The van der Waals surface area contributed by atoms with Crippen molar-refractivity contribution in [2.24, 2.45) is 5.92 Å². The highest BCUT2D eigenvalue weighted by molar-refractivity contribution is 8.01. The van der Waals surface area contributed by atoms with Gasteiger partial charge in [0.05, 0.1) is 22.8 Å². The van der Waals surface area contributed by atoms with Crippen LogP contribution >= 0.6 is 11.8 Å². The Labute approximate surface area is 127 Å². The van der Waals surface area contributed by atoms with Gasteiger partial charge in [0.2, 0.25) is 5.91 Å². The number of hydrogen-bond donors (Lipinski definition) is 3. The number of carboxylic acid groups (broad SMARTS) is 1. The second-order valence-electron chi connectivity index (χ2n) is 6.17. The van der Waals surface area contributed by atoms with E-state index in [0.717, 1.165) is 19.5 Å². The van der Waals surface area contributed by atoms with E-state index < -0.39 is 22.7 Å². The van der Waals surface area contributed by atoms with E-state index in [0.29, 0.717) is 5.25 Å². The summed E-state index contributed by atoms with van der Waals surface area (Å²) in [6.45, 7) is 5.44. The van der Waals surface area contributed by atoms with Crippen molar-refractivity contribution in [1.82, 2.24) is 10.2 Å². The number of aliphatic carboxylic acids is 1. The van der Waals surface area contributed by atoms with Crippen LogP contribution in [0, 0.1) is 5.92 Å². The number of carbonyl (C=O) groups is 2. The summed E-state index contributed by atoms with van der Waals surface area (Å²) in [6.07, 6.45) is 1.97. The Balaban J connectivity index is 1.90. The first-order chi connectivity index (χ1) is 9.85. The zero-order chi connectivity index (χ0) is 15.4. The quantitative estimate of drug-likeness (QED) is 0.635. The van der Waals surface area contributed by atoms with Crippen molar-refractivity contribution in [2.45, 2.75) is 42.4 Å². The van der Waals surface area contributed by atoms with Gasteiger partial charge in [0.25, 0.3) is 0 Å². The first-order valence-corrected chi connectivity index (χ1v) is 8.09. The standard InChI is InChI=1S/C14H20N2O4S/c1-7(17)10-11-14(2,21-8-3-4-15-6-8)5-9(13(19)20)16(11)12(10)18/h5,7-8,10-11,15,17H,3-4,6H2,1-2H3,(H,19,20)/t7?,8?,10?,11-,14?/m0/s1. The van der Waals surface area contributed by atoms with E-state index in [4.69, 9.17) is 0 Å². The molecule has 21 heavy (non-hydrogen) atoms. The van der Waals surface area contributed by atoms with Crippen molar-refractivity contribution in [3.63, 3.8) is 0 Å². The molecule has 116 valence electrons. The van der Waals surface area contributed by atoms with Crippen molar-refractivity contribution >= 4 is 23.6 Å². The van der Waals surface area contributed by atoms with E-state index >= 15 is 0 Å². The number of fused-ring (bicyclic) bond motifs is 1. The molecule has 3 aliphatic rings. The summed E-state index contributed by atoms with van der Waals surface area (Å²) in [5.74, 6) is -1.87. The van der Waals surface area contributed by atoms with E-state index in [-0.39, 0.29) is 17.6 Å². The molecule has 3 rings (SSSR count). The number of nitrogens with one attached hydrogen (secondary N) is 1. The molecule has 2 fully saturated rings. The van der Waals surface area contributed by atoms with Crippen molar-refractivity contribution in [3.8, 4) is 0 Å². The van der Waals surface area contributed by atoms with Gasteiger partial charge in [0, 0.05) is 11.8 Å². The highest BCUT2D eigenvalue weighted by atomic mass is 32.2. The first-order valence-electron chi connectivity index (χ1n) is 7.21. The molecule has 0 spiro atoms. The minimum absolute atomic E-state index is 0.0582. The zero-order valence-electron chi connectivity index (χ0n) is 12.1. The molecule has 6 nitrogen and oxygen atoms in total. The van der Waals surface area contributed by atoms with Crippen LogP contribution in [0.25, 0.3) is 0 Å². The van der Waals surface area contributed by atoms with Crippen LogP contribution in [-0.2, 0) is 9.59 Å². The highest BCUT2D eigenvalue weighted by Gasteiger charge is 2.63. The van der Waals surface area contributed by atoms with Gasteiger partial charge in [-0.3, -0.25) is 4.79 Å². The molecular formula is C14H20N2O4S. The average molecular weight is 312 g/mol. The molecule has 0 saturated carbocycles. The Bertz CT molecular complexity index is 515. The van der Waals surface area contributed by atoms with Crippen LogP contribution in [0.1, 0.15) is 20.3 Å². The molecule has 5 atom stereocenters. The predicted molar refractivity (Wildman–Crippen MR) is 78.8 cm³/mol. The van der Waals surface area contributed by atoms with Gasteiger partial charge >= 0.3 is 5.97 Å². The summed E-state index contributed by atoms with van der Waals surface area (Å²) >= 11 is 1.72. The van der Waals surface area contributed by atoms with E-state index in [1.54, 1.807) is 24.8 Å². The number of nitrogens with zero attached hydrogens (tertiary/aromatic N) is 1. The fourth-order valence-corrected chi connectivity index (χ4v) is 5.37. The molecule has 3 N–H and O–H groups in total. The van der Waals surface area contributed by atoms with Crippen LogP contribution in [-0.4, -0.2) is 62.2 Å². The Kier molecular flexibility index (Phi) is 3.54. The lowest BCUT2D eigenvalue weighted by molar-refractivity contribution is -0.162. The van der Waals surface area contributed by atoms with E-state index in [2.05, 4.69) is 5.32 Å². The van der Waals surface area contributed by atoms with Crippen LogP contribution in [0.4, 0.5) is 0 Å². The molecule has 0 bridgehead atoms. The lowest BCUT2D eigenvalue weighted by Crippen LogP contribution is -2.67. The summed E-state index contributed by atoms with van der Waals surface area (Å²) in [7, 11) is 0. The summed E-state index contributed by atoms with van der Waals surface area (Å²) < 4.78 is -0.458. The lowest BCUT2D eigenvalue weighted by atomic mass is 9.78. The molecule has 0 radical (unpaired) electrons. The minimum Gasteiger partial charge on any atom is -0.477 e. The van der Waals surface area contributed by atoms with Gasteiger partial charge in [0.1, 0.15) is 5.70 Å². The number of carboxylic acids is 1. The number of thioether (sulfide) groups is 1. The molecule has 2 saturated heterocycles. The highest BCUT2D eigenvalue weighted by Crippen LogP contribution is 2.52. The van der Waals surface area contributed by atoms with Crippen molar-refractivity contribution in [2.75, 3.05) is 13.1 Å². The first kappa shape index (κ1) is 14.9. The smallest absolute Gasteiger partial charge is 0.352 e. The van der Waals surface area contributed by atoms with Crippen LogP contribution in [0.3, 0.4) is 0 Å². The molecule has 0 aliphatic carbocycles. The van der Waals surface area contributed by atoms with Crippen molar-refractivity contribution < 1.29 is 19.8 Å². The second-order valence-corrected chi connectivity index (χ2v) is 7.95. The number of aliphatic hydroxyl groups is 1. The zero-order valence-corrected chi connectivity index (χ0v) is 12.9. The van der Waals surface area contributed by atoms with Crippen LogP contribution in [0.15, 0.2) is 11.8 Å². The maximum atomic E-state index is 12.2. The Morgan fingerprint density at radius 1 is 1.62 bits per heavy atom. The summed E-state index contributed by atoms with van der Waals surface area (Å²) in [5, 5.41) is 22.9. The number of hydrogen-bond acceptors (Lipinski definition) is 5. The topological polar surface area (TPSA) is 89.9 Å². The molecule has 0 aromatic heterocycles. The molecule has 0 aromatic carbocycles. The maximum Gasteiger partial charge on any atom is 0.352 e. The van der Waals surface area contributed by atoms with E-state index in [1.165, 1.54) is 4.90 Å². The third kappa shape index (κ3) is 2.18. The van der Waals surface area contributed by atoms with Gasteiger partial charge in [-0.15, -0.1) is 11.8 Å². The van der Waals surface area contributed by atoms with Crippen molar-refractivity contribution in [3.05, 3.63) is 11.8 Å². The van der Waals surface area contributed by atoms with Gasteiger partial charge < -0.3 is 20.4 Å². The predicted octanol–water partition coefficient (Wildman–Crippen LogP) is 0.0301. The summed E-state index contributed by atoms with van der Waals surface area (Å²) in [4.78, 5) is 24.9. The average Bonchev–Trinajstić information content (AvgIpc) is 2.94. The number of aliphatic hydroxyl groups excluding tert-OH is 1. The summed E-state index contributed by atoms with van der Waals surface area (Å²) in [6, 6.07) is -0.262. The number of carbonyl (C=O) groups excluding carboxylic acids is 1. The molecular weight excluding hydrogens is 292 g/mol. The van der Waals surface area contributed by atoms with Gasteiger partial charge in [-0.05, 0) is 32.9 Å². The monoisotopic (exact) mass is 312 g/mol. The SMILES string of the molecule is CC(O)C1C(=O)N2C(C(=O)O)=CC(C)(SC3CCNC3)[C@H]12. The Morgan fingerprint density at radius 3 is 2.86 bits per heavy atom. The van der Waals surface area contributed by atoms with Crippen LogP contribution in [0.2, 0.25) is 0 Å². The normalized spacial score (nSPS) is 39.8. The van der Waals surface area contributed by atoms with Gasteiger partial charge in [-0.2, -0.15) is 0 Å². The molecule has 3 heterocycles. The number of β-lactam (4-membered cyclic amide) rings is 1. The number of amides is 1. The fraction of sp³-hybridized carbons (Fsp3) is 0.714. The largest absolute Gasteiger partial charge is 0.477 e. The third-order valence-corrected chi connectivity index (χ3v) is 6.19. The molecule has 3 aliphatic heterocycles. The maximum absolute atomic E-state index is 12.2. The van der Waals surface area contributed by atoms with Gasteiger partial charge in [-0.1, -0.05) is 0 Å². The van der Waals surface area contributed by atoms with Gasteiger partial charge in [0.15, 0.2) is 0 Å². The molecule has 1 amide bonds. The Morgan fingerprint density at radius 2 is 2.33 bits per heavy atom. The summed E-state index contributed by atoms with van der Waals surface area (Å²) in [5.41, 5.74) is 0.0582. The van der Waals surface area contributed by atoms with Crippen LogP contribution < -0.4 is 5.32 Å². The minimum atomic E-state index is -1.08. The molecule has 0 aromatic rings. The van der Waals surface area contributed by atoms with Crippen LogP contribution in [0.5, 0.6) is 0 Å². The third-order valence-electron chi connectivity index (χ3n) is 4.59. The second kappa shape index (κ2) is 5.00. The Hall–Kier alpha value is -1.05.